The van der Waals surface area contributed by atoms with Crippen LogP contribution in [0.3, 0.4) is 0 Å². The van der Waals surface area contributed by atoms with Crippen LogP contribution < -0.4 is 16.0 Å². The van der Waals surface area contributed by atoms with E-state index in [1.165, 1.54) is 6.92 Å². The Kier molecular flexibility index (Phi) is 11.5. The number of benzene rings is 1. The van der Waals surface area contributed by atoms with Crippen LogP contribution in [0.25, 0.3) is 0 Å². The third-order valence-corrected chi connectivity index (χ3v) is 6.71. The van der Waals surface area contributed by atoms with Gasteiger partial charge < -0.3 is 36.4 Å². The lowest BCUT2D eigenvalue weighted by Gasteiger charge is -2.21. The normalized spacial score (nSPS) is 12.8. The van der Waals surface area contributed by atoms with Crippen LogP contribution in [0.5, 0.6) is 0 Å². The zero-order chi connectivity index (χ0) is 22.3. The van der Waals surface area contributed by atoms with Crippen molar-refractivity contribution in [1.29, 1.82) is 0 Å². The molecule has 0 spiro atoms. The molecule has 162 valence electrons. The largest absolute Gasteiger partial charge is 0.396 e. The van der Waals surface area contributed by atoms with Crippen molar-refractivity contribution in [2.75, 3.05) is 18.5 Å². The molecule has 29 heavy (non-hydrogen) atoms. The fourth-order valence-electron chi connectivity index (χ4n) is 2.18. The van der Waals surface area contributed by atoms with Gasteiger partial charge in [0, 0.05) is 36.5 Å². The highest BCUT2D eigenvalue weighted by Gasteiger charge is 2.29. The van der Waals surface area contributed by atoms with Crippen LogP contribution in [0.4, 0.5) is 5.69 Å². The molecule has 0 bridgehead atoms. The number of rotatable bonds is 9. The van der Waals surface area contributed by atoms with Gasteiger partial charge in [0.25, 0.3) is 11.8 Å². The summed E-state index contributed by atoms with van der Waals surface area (Å²) in [5.74, 6) is -1.82. The summed E-state index contributed by atoms with van der Waals surface area (Å²) in [5.41, 5.74) is 0.339. The monoisotopic (exact) mass is 747 g/mol. The van der Waals surface area contributed by atoms with Crippen LogP contribution in [0.15, 0.2) is 0 Å². The fourth-order valence-corrected chi connectivity index (χ4v) is 6.60. The van der Waals surface area contributed by atoms with Gasteiger partial charge in [0.15, 0.2) is 0 Å². The number of nitrogens with one attached hydrogen (secondary N) is 3. The number of hydrogen-bond acceptors (Lipinski definition) is 7. The maximum Gasteiger partial charge on any atom is 0.255 e. The van der Waals surface area contributed by atoms with E-state index < -0.39 is 30.2 Å². The molecule has 0 radical (unpaired) electrons. The van der Waals surface area contributed by atoms with Gasteiger partial charge in [0.2, 0.25) is 5.91 Å². The predicted octanol–water partition coefficient (Wildman–Crippen LogP) is 0.320. The van der Waals surface area contributed by atoms with Crippen LogP contribution in [-0.2, 0) is 4.79 Å². The average molecular weight is 747 g/mol. The Morgan fingerprint density at radius 1 is 0.828 bits per heavy atom. The van der Waals surface area contributed by atoms with Gasteiger partial charge in [0.1, 0.15) is 12.5 Å². The molecule has 3 amide bonds. The minimum atomic E-state index is -1.30. The van der Waals surface area contributed by atoms with Crippen molar-refractivity contribution < 1.29 is 34.8 Å². The molecule has 2 atom stereocenters. The third kappa shape index (κ3) is 7.39. The van der Waals surface area contributed by atoms with Crippen molar-refractivity contribution in [2.24, 2.45) is 0 Å². The second-order valence-corrected chi connectivity index (χ2v) is 8.99. The highest BCUT2D eigenvalue weighted by molar-refractivity contribution is 14.1. The topological polar surface area (TPSA) is 168 Å². The average Bonchev–Trinajstić information content (AvgIpc) is 2.58. The van der Waals surface area contributed by atoms with E-state index in [0.29, 0.717) is 7.14 Å². The summed E-state index contributed by atoms with van der Waals surface area (Å²) in [6.07, 6.45) is -2.76. The zero-order valence-electron chi connectivity index (χ0n) is 15.1. The molecule has 0 aromatic heterocycles. The quantitative estimate of drug-likeness (QED) is 0.141. The van der Waals surface area contributed by atoms with E-state index in [0.717, 1.165) is 0 Å². The first-order valence-electron chi connectivity index (χ1n) is 8.22. The number of amides is 3. The lowest BCUT2D eigenvalue weighted by atomic mass is 10.1. The molecule has 7 N–H and O–H groups in total. The number of hydrogen-bond donors (Lipinski definition) is 7. The Bertz CT molecular complexity index is 739. The third-order valence-electron chi connectivity index (χ3n) is 3.47. The lowest BCUT2D eigenvalue weighted by Crippen LogP contribution is -2.38. The van der Waals surface area contributed by atoms with Gasteiger partial charge in [-0.15, -0.1) is 0 Å². The summed E-state index contributed by atoms with van der Waals surface area (Å²) in [5, 5.41) is 44.6. The molecule has 0 saturated carbocycles. The van der Waals surface area contributed by atoms with Crippen molar-refractivity contribution in [1.82, 2.24) is 10.6 Å². The zero-order valence-corrected chi connectivity index (χ0v) is 21.6. The van der Waals surface area contributed by atoms with Gasteiger partial charge in [-0.25, -0.2) is 0 Å². The SMILES string of the molecule is CC(=O)Nc1c(I)c(C(=O)NC(O)CCO)c(I)c(C(=O)NC(O)CCO)c1I. The summed E-state index contributed by atoms with van der Waals surface area (Å²) in [6.45, 7) is 0.603. The maximum atomic E-state index is 12.7. The molecule has 0 aliphatic heterocycles. The smallest absolute Gasteiger partial charge is 0.255 e. The van der Waals surface area contributed by atoms with E-state index in [2.05, 4.69) is 16.0 Å². The van der Waals surface area contributed by atoms with Crippen LogP contribution in [0.1, 0.15) is 40.5 Å². The van der Waals surface area contributed by atoms with Gasteiger partial charge in [-0.1, -0.05) is 0 Å². The molecule has 0 aliphatic rings. The summed E-state index contributed by atoms with van der Waals surface area (Å²) in [6, 6.07) is 0. The summed E-state index contributed by atoms with van der Waals surface area (Å²) < 4.78 is 0.952. The minimum Gasteiger partial charge on any atom is -0.396 e. The van der Waals surface area contributed by atoms with Crippen molar-refractivity contribution in [2.45, 2.75) is 32.2 Å². The van der Waals surface area contributed by atoms with E-state index in [-0.39, 0.29) is 46.4 Å². The van der Waals surface area contributed by atoms with E-state index in [9.17, 15) is 24.6 Å². The molecule has 0 fully saturated rings. The highest BCUT2D eigenvalue weighted by Crippen LogP contribution is 2.36. The standard InChI is InChI=1S/C16H20I3N3O7/c1-6(25)20-14-12(18)9(15(28)21-7(26)2-4-23)11(17)10(13(14)19)16(29)22-8(27)3-5-24/h7-8,23-24,26-27H,2-5H2,1H3,(H,20,25)(H,21,28)(H,22,29). The molecule has 0 heterocycles. The molecule has 1 aromatic rings. The predicted molar refractivity (Wildman–Crippen MR) is 129 cm³/mol. The van der Waals surface area contributed by atoms with Gasteiger partial charge in [0.05, 0.1) is 24.0 Å². The first-order valence-corrected chi connectivity index (χ1v) is 11.5. The molecule has 13 heteroatoms. The Balaban J connectivity index is 3.53. The molecule has 0 saturated heterocycles. The molecular formula is C16H20I3N3O7. The molecule has 0 aliphatic carbocycles. The van der Waals surface area contributed by atoms with E-state index >= 15 is 0 Å². The van der Waals surface area contributed by atoms with Crippen LogP contribution >= 0.6 is 67.8 Å². The maximum absolute atomic E-state index is 12.7. The van der Waals surface area contributed by atoms with Crippen molar-refractivity contribution >= 4 is 91.2 Å². The van der Waals surface area contributed by atoms with Crippen LogP contribution in [0.2, 0.25) is 0 Å². The van der Waals surface area contributed by atoms with Gasteiger partial charge in [-0.2, -0.15) is 0 Å². The van der Waals surface area contributed by atoms with Gasteiger partial charge in [-0.05, 0) is 67.8 Å². The number of aliphatic hydroxyl groups is 4. The molecule has 1 aromatic carbocycles. The lowest BCUT2D eigenvalue weighted by molar-refractivity contribution is -0.114. The number of carbonyl (C=O) groups is 3. The second kappa shape index (κ2) is 12.5. The van der Waals surface area contributed by atoms with Gasteiger partial charge >= 0.3 is 0 Å². The summed E-state index contributed by atoms with van der Waals surface area (Å²) in [7, 11) is 0. The first kappa shape index (κ1) is 26.7. The van der Waals surface area contributed by atoms with Crippen LogP contribution in [-0.4, -0.2) is 63.8 Å². The van der Waals surface area contributed by atoms with Crippen LogP contribution in [0, 0.1) is 10.7 Å². The van der Waals surface area contributed by atoms with Crippen molar-refractivity contribution in [3.05, 3.63) is 21.8 Å². The van der Waals surface area contributed by atoms with E-state index in [1.807, 2.05) is 45.2 Å². The van der Waals surface area contributed by atoms with Crippen molar-refractivity contribution in [3.8, 4) is 0 Å². The molecular weight excluding hydrogens is 727 g/mol. The highest BCUT2D eigenvalue weighted by atomic mass is 127. The fraction of sp³-hybridized carbons (Fsp3) is 0.438. The molecule has 2 unspecified atom stereocenters. The Morgan fingerprint density at radius 2 is 1.21 bits per heavy atom. The summed E-state index contributed by atoms with van der Waals surface area (Å²) in [4.78, 5) is 37.1. The molecule has 10 nitrogen and oxygen atoms in total. The Hall–Kier alpha value is -0.340. The Labute approximate surface area is 207 Å². The van der Waals surface area contributed by atoms with E-state index in [1.54, 1.807) is 22.6 Å². The second-order valence-electron chi connectivity index (χ2n) is 5.75. The molecule has 1 rings (SSSR count). The Morgan fingerprint density at radius 3 is 1.52 bits per heavy atom. The minimum absolute atomic E-state index is 0.0501. The number of anilines is 1. The van der Waals surface area contributed by atoms with Gasteiger partial charge in [-0.3, -0.25) is 14.4 Å². The van der Waals surface area contributed by atoms with E-state index in [4.69, 9.17) is 10.2 Å². The number of carbonyl (C=O) groups excluding carboxylic acids is 3. The van der Waals surface area contributed by atoms with Crippen molar-refractivity contribution in [3.63, 3.8) is 0 Å². The number of halogens is 3. The number of aliphatic hydroxyl groups excluding tert-OH is 4. The first-order chi connectivity index (χ1) is 13.5. The summed E-state index contributed by atoms with van der Waals surface area (Å²) >= 11 is 5.52.